The molecule has 1 aromatic carbocycles. The van der Waals surface area contributed by atoms with E-state index in [0.29, 0.717) is 22.0 Å². The molecular formula is C13H9FN2O. The maximum absolute atomic E-state index is 13.0. The maximum atomic E-state index is 13.0. The van der Waals surface area contributed by atoms with Crippen LogP contribution in [0.1, 0.15) is 5.56 Å². The molecule has 0 saturated carbocycles. The molecule has 0 amide bonds. The first-order chi connectivity index (χ1) is 8.31. The molecule has 0 aliphatic heterocycles. The SMILES string of the molecule is O=c1[nH]c2nccc(CF)c2c2ccccc12. The lowest BCUT2D eigenvalue weighted by atomic mass is 10.1. The Kier molecular flexibility index (Phi) is 2.14. The van der Waals surface area contributed by atoms with Gasteiger partial charge >= 0.3 is 0 Å². The zero-order valence-corrected chi connectivity index (χ0v) is 8.90. The average Bonchev–Trinajstić information content (AvgIpc) is 2.38. The Labute approximate surface area is 95.9 Å². The van der Waals surface area contributed by atoms with Gasteiger partial charge in [-0.15, -0.1) is 0 Å². The van der Waals surface area contributed by atoms with Crippen molar-refractivity contribution in [3.8, 4) is 0 Å². The predicted molar refractivity (Wildman–Crippen MR) is 64.7 cm³/mol. The van der Waals surface area contributed by atoms with Crippen LogP contribution in [0.5, 0.6) is 0 Å². The fraction of sp³-hybridized carbons (Fsp3) is 0.0769. The van der Waals surface area contributed by atoms with Crippen molar-refractivity contribution < 1.29 is 4.39 Å². The van der Waals surface area contributed by atoms with Gasteiger partial charge in [-0.3, -0.25) is 4.79 Å². The number of rotatable bonds is 1. The molecule has 17 heavy (non-hydrogen) atoms. The summed E-state index contributed by atoms with van der Waals surface area (Å²) in [5, 5.41) is 1.99. The Morgan fingerprint density at radius 2 is 1.94 bits per heavy atom. The minimum atomic E-state index is -0.574. The molecule has 0 bridgehead atoms. The number of hydrogen-bond acceptors (Lipinski definition) is 2. The smallest absolute Gasteiger partial charge is 0.257 e. The van der Waals surface area contributed by atoms with Crippen molar-refractivity contribution in [2.45, 2.75) is 6.67 Å². The lowest BCUT2D eigenvalue weighted by Crippen LogP contribution is -2.07. The zero-order valence-electron chi connectivity index (χ0n) is 8.90. The first kappa shape index (κ1) is 9.96. The summed E-state index contributed by atoms with van der Waals surface area (Å²) in [5.41, 5.74) is 0.780. The van der Waals surface area contributed by atoms with Crippen LogP contribution in [0.3, 0.4) is 0 Å². The normalized spacial score (nSPS) is 11.1. The van der Waals surface area contributed by atoms with E-state index in [0.717, 1.165) is 5.39 Å². The summed E-state index contributed by atoms with van der Waals surface area (Å²) in [6.45, 7) is -0.574. The van der Waals surface area contributed by atoms with Crippen LogP contribution in [-0.4, -0.2) is 9.97 Å². The molecule has 2 aromatic heterocycles. The summed E-state index contributed by atoms with van der Waals surface area (Å²) in [7, 11) is 0. The molecule has 0 saturated heterocycles. The third-order valence-corrected chi connectivity index (χ3v) is 2.85. The second-order valence-corrected chi connectivity index (χ2v) is 3.83. The van der Waals surface area contributed by atoms with E-state index >= 15 is 0 Å². The lowest BCUT2D eigenvalue weighted by Gasteiger charge is -2.05. The number of nitrogens with one attached hydrogen (secondary N) is 1. The molecule has 1 N–H and O–H groups in total. The quantitative estimate of drug-likeness (QED) is 0.650. The number of pyridine rings is 2. The van der Waals surface area contributed by atoms with Crippen LogP contribution in [0.15, 0.2) is 41.3 Å². The minimum absolute atomic E-state index is 0.198. The van der Waals surface area contributed by atoms with Crippen molar-refractivity contribution in [3.05, 3.63) is 52.4 Å². The van der Waals surface area contributed by atoms with Gasteiger partial charge in [-0.25, -0.2) is 9.37 Å². The van der Waals surface area contributed by atoms with Crippen LogP contribution in [0.25, 0.3) is 21.8 Å². The zero-order chi connectivity index (χ0) is 11.8. The Bertz CT molecular complexity index is 764. The fourth-order valence-electron chi connectivity index (χ4n) is 2.08. The van der Waals surface area contributed by atoms with E-state index in [1.54, 1.807) is 18.2 Å². The Morgan fingerprint density at radius 1 is 1.18 bits per heavy atom. The van der Waals surface area contributed by atoms with E-state index in [2.05, 4.69) is 9.97 Å². The third kappa shape index (κ3) is 1.41. The van der Waals surface area contributed by atoms with E-state index < -0.39 is 6.67 Å². The molecule has 3 nitrogen and oxygen atoms in total. The first-order valence-corrected chi connectivity index (χ1v) is 5.26. The molecular weight excluding hydrogens is 219 g/mol. The Morgan fingerprint density at radius 3 is 2.71 bits per heavy atom. The van der Waals surface area contributed by atoms with Crippen molar-refractivity contribution in [2.24, 2.45) is 0 Å². The largest absolute Gasteiger partial charge is 0.306 e. The number of nitrogens with zero attached hydrogens (tertiary/aromatic N) is 1. The second-order valence-electron chi connectivity index (χ2n) is 3.83. The van der Waals surface area contributed by atoms with Gasteiger partial charge in [0.25, 0.3) is 5.56 Å². The van der Waals surface area contributed by atoms with Gasteiger partial charge in [0.1, 0.15) is 12.3 Å². The van der Waals surface area contributed by atoms with Crippen molar-refractivity contribution in [2.75, 3.05) is 0 Å². The molecule has 3 rings (SSSR count). The molecule has 2 heterocycles. The number of halogens is 1. The first-order valence-electron chi connectivity index (χ1n) is 5.26. The summed E-state index contributed by atoms with van der Waals surface area (Å²) in [5.74, 6) is 0. The molecule has 0 spiro atoms. The van der Waals surface area contributed by atoms with Crippen LogP contribution >= 0.6 is 0 Å². The highest BCUT2D eigenvalue weighted by Gasteiger charge is 2.08. The van der Waals surface area contributed by atoms with Gasteiger partial charge < -0.3 is 4.98 Å². The number of H-pyrrole nitrogens is 1. The summed E-state index contributed by atoms with van der Waals surface area (Å²) < 4.78 is 13.0. The van der Waals surface area contributed by atoms with Gasteiger partial charge in [0, 0.05) is 17.0 Å². The minimum Gasteiger partial charge on any atom is -0.306 e. The lowest BCUT2D eigenvalue weighted by molar-refractivity contribution is 0.487. The number of aromatic amines is 1. The predicted octanol–water partition coefficient (Wildman–Crippen LogP) is 2.55. The molecule has 0 atom stereocenters. The summed E-state index contributed by atoms with van der Waals surface area (Å²) in [6, 6.07) is 8.79. The highest BCUT2D eigenvalue weighted by molar-refractivity contribution is 6.05. The van der Waals surface area contributed by atoms with Gasteiger partial charge in [0.05, 0.1) is 0 Å². The summed E-state index contributed by atoms with van der Waals surface area (Å²) >= 11 is 0. The standard InChI is InChI=1S/C13H9FN2O/c14-7-8-5-6-15-12-11(8)9-3-1-2-4-10(9)13(17)16-12/h1-6H,7H2,(H,15,16,17). The highest BCUT2D eigenvalue weighted by atomic mass is 19.1. The van der Waals surface area contributed by atoms with E-state index in [1.807, 2.05) is 12.1 Å². The topological polar surface area (TPSA) is 45.8 Å². The molecule has 0 unspecified atom stereocenters. The Hall–Kier alpha value is -2.23. The summed E-state index contributed by atoms with van der Waals surface area (Å²) in [4.78, 5) is 18.6. The van der Waals surface area contributed by atoms with E-state index in [-0.39, 0.29) is 5.56 Å². The van der Waals surface area contributed by atoms with Crippen LogP contribution in [0.2, 0.25) is 0 Å². The van der Waals surface area contributed by atoms with Crippen LogP contribution < -0.4 is 5.56 Å². The van der Waals surface area contributed by atoms with Crippen molar-refractivity contribution in [3.63, 3.8) is 0 Å². The van der Waals surface area contributed by atoms with Gasteiger partial charge in [0.2, 0.25) is 0 Å². The van der Waals surface area contributed by atoms with Crippen LogP contribution in [-0.2, 0) is 6.67 Å². The second kappa shape index (κ2) is 3.66. The van der Waals surface area contributed by atoms with E-state index in [9.17, 15) is 9.18 Å². The highest BCUT2D eigenvalue weighted by Crippen LogP contribution is 2.23. The molecule has 0 fully saturated rings. The number of alkyl halides is 1. The summed E-state index contributed by atoms with van der Waals surface area (Å²) in [6.07, 6.45) is 1.50. The van der Waals surface area contributed by atoms with Crippen LogP contribution in [0.4, 0.5) is 4.39 Å². The van der Waals surface area contributed by atoms with E-state index in [1.165, 1.54) is 6.20 Å². The number of aromatic nitrogens is 2. The third-order valence-electron chi connectivity index (χ3n) is 2.85. The molecule has 84 valence electrons. The van der Waals surface area contributed by atoms with Gasteiger partial charge in [0.15, 0.2) is 0 Å². The van der Waals surface area contributed by atoms with Crippen molar-refractivity contribution in [1.29, 1.82) is 0 Å². The number of hydrogen-bond donors (Lipinski definition) is 1. The molecule has 0 radical (unpaired) electrons. The molecule has 0 aliphatic rings. The fourth-order valence-corrected chi connectivity index (χ4v) is 2.08. The molecule has 3 aromatic rings. The van der Waals surface area contributed by atoms with E-state index in [4.69, 9.17) is 0 Å². The monoisotopic (exact) mass is 228 g/mol. The Balaban J connectivity index is 2.65. The van der Waals surface area contributed by atoms with Gasteiger partial charge in [-0.05, 0) is 23.1 Å². The number of fused-ring (bicyclic) bond motifs is 3. The van der Waals surface area contributed by atoms with Gasteiger partial charge in [-0.2, -0.15) is 0 Å². The van der Waals surface area contributed by atoms with Crippen molar-refractivity contribution in [1.82, 2.24) is 9.97 Å². The van der Waals surface area contributed by atoms with Crippen molar-refractivity contribution >= 4 is 21.8 Å². The average molecular weight is 228 g/mol. The maximum Gasteiger partial charge on any atom is 0.257 e. The molecule has 4 heteroatoms. The molecule has 0 aliphatic carbocycles. The van der Waals surface area contributed by atoms with Gasteiger partial charge in [-0.1, -0.05) is 18.2 Å². The van der Waals surface area contributed by atoms with Crippen LogP contribution in [0, 0.1) is 0 Å². The number of benzene rings is 1.